The second kappa shape index (κ2) is 5.74. The van der Waals surface area contributed by atoms with Crippen LogP contribution in [0.4, 0.5) is 13.2 Å². The minimum Gasteiger partial charge on any atom is -0.355 e. The molecular weight excluding hydrogens is 231 g/mol. The highest BCUT2D eigenvalue weighted by molar-refractivity contribution is 5.82. The SMILES string of the molecule is CCC1(C(=O)NCCC(F)(F)F)CCCCC1. The molecule has 1 amide bonds. The van der Waals surface area contributed by atoms with Gasteiger partial charge in [-0.2, -0.15) is 13.2 Å². The first-order valence-electron chi connectivity index (χ1n) is 6.25. The summed E-state index contributed by atoms with van der Waals surface area (Å²) in [5.41, 5.74) is -0.413. The fourth-order valence-electron chi connectivity index (χ4n) is 2.47. The Kier molecular flexibility index (Phi) is 4.83. The monoisotopic (exact) mass is 251 g/mol. The Morgan fingerprint density at radius 3 is 2.29 bits per heavy atom. The molecule has 0 heterocycles. The predicted octanol–water partition coefficient (Wildman–Crippen LogP) is 3.42. The molecule has 0 spiro atoms. The molecule has 2 nitrogen and oxygen atoms in total. The minimum atomic E-state index is -4.20. The molecule has 0 aromatic rings. The molecular formula is C12H20F3NO. The third-order valence-electron chi connectivity index (χ3n) is 3.66. The molecule has 0 radical (unpaired) electrons. The van der Waals surface area contributed by atoms with Gasteiger partial charge < -0.3 is 5.32 Å². The van der Waals surface area contributed by atoms with Gasteiger partial charge in [-0.1, -0.05) is 26.2 Å². The maximum Gasteiger partial charge on any atom is 0.390 e. The van der Waals surface area contributed by atoms with Gasteiger partial charge in [0.2, 0.25) is 5.91 Å². The Balaban J connectivity index is 2.44. The van der Waals surface area contributed by atoms with Crippen LogP contribution in [0.1, 0.15) is 51.9 Å². The maximum atomic E-state index is 12.0. The topological polar surface area (TPSA) is 29.1 Å². The smallest absolute Gasteiger partial charge is 0.355 e. The molecule has 0 unspecified atom stereocenters. The second-order valence-electron chi connectivity index (χ2n) is 4.82. The van der Waals surface area contributed by atoms with E-state index < -0.39 is 18.0 Å². The highest BCUT2D eigenvalue weighted by Gasteiger charge is 2.37. The number of alkyl halides is 3. The standard InChI is InChI=1S/C12H20F3NO/c1-2-11(6-4-3-5-7-11)10(17)16-9-8-12(13,14)15/h2-9H2,1H3,(H,16,17). The fourth-order valence-corrected chi connectivity index (χ4v) is 2.47. The number of amides is 1. The zero-order valence-electron chi connectivity index (χ0n) is 10.2. The van der Waals surface area contributed by atoms with Gasteiger partial charge >= 0.3 is 6.18 Å². The van der Waals surface area contributed by atoms with Gasteiger partial charge in [-0.3, -0.25) is 4.79 Å². The van der Waals surface area contributed by atoms with Crippen LogP contribution in [-0.4, -0.2) is 18.6 Å². The van der Waals surface area contributed by atoms with Crippen molar-refractivity contribution >= 4 is 5.91 Å². The van der Waals surface area contributed by atoms with Gasteiger partial charge in [0.1, 0.15) is 0 Å². The Bertz CT molecular complexity index is 257. The molecule has 0 atom stereocenters. The van der Waals surface area contributed by atoms with E-state index in [0.717, 1.165) is 32.1 Å². The Morgan fingerprint density at radius 2 is 1.82 bits per heavy atom. The van der Waals surface area contributed by atoms with Crippen molar-refractivity contribution in [3.05, 3.63) is 0 Å². The average molecular weight is 251 g/mol. The summed E-state index contributed by atoms with van der Waals surface area (Å²) in [5.74, 6) is -0.191. The molecule has 0 aromatic heterocycles. The van der Waals surface area contributed by atoms with Crippen molar-refractivity contribution in [2.75, 3.05) is 6.54 Å². The zero-order valence-corrected chi connectivity index (χ0v) is 10.2. The van der Waals surface area contributed by atoms with Crippen LogP contribution in [0.3, 0.4) is 0 Å². The molecule has 0 aromatic carbocycles. The van der Waals surface area contributed by atoms with E-state index in [-0.39, 0.29) is 12.5 Å². The van der Waals surface area contributed by atoms with Crippen LogP contribution in [0, 0.1) is 5.41 Å². The highest BCUT2D eigenvalue weighted by Crippen LogP contribution is 2.39. The lowest BCUT2D eigenvalue weighted by Gasteiger charge is -2.35. The van der Waals surface area contributed by atoms with E-state index in [9.17, 15) is 18.0 Å². The van der Waals surface area contributed by atoms with Gasteiger partial charge in [0.05, 0.1) is 6.42 Å². The van der Waals surface area contributed by atoms with Crippen molar-refractivity contribution in [3.8, 4) is 0 Å². The van der Waals surface area contributed by atoms with Gasteiger partial charge in [-0.05, 0) is 19.3 Å². The zero-order chi connectivity index (χ0) is 12.9. The van der Waals surface area contributed by atoms with Gasteiger partial charge in [0.25, 0.3) is 0 Å². The average Bonchev–Trinajstić information content (AvgIpc) is 2.28. The number of carbonyl (C=O) groups excluding carboxylic acids is 1. The van der Waals surface area contributed by atoms with Crippen LogP contribution < -0.4 is 5.32 Å². The van der Waals surface area contributed by atoms with E-state index in [2.05, 4.69) is 5.32 Å². The van der Waals surface area contributed by atoms with Gasteiger partial charge in [-0.25, -0.2) is 0 Å². The van der Waals surface area contributed by atoms with Crippen molar-refractivity contribution in [1.82, 2.24) is 5.32 Å². The van der Waals surface area contributed by atoms with Crippen LogP contribution in [0.15, 0.2) is 0 Å². The summed E-state index contributed by atoms with van der Waals surface area (Å²) < 4.78 is 35.9. The summed E-state index contributed by atoms with van der Waals surface area (Å²) in [4.78, 5) is 12.0. The van der Waals surface area contributed by atoms with Gasteiger partial charge in [-0.15, -0.1) is 0 Å². The van der Waals surface area contributed by atoms with Crippen molar-refractivity contribution in [2.45, 2.75) is 58.0 Å². The van der Waals surface area contributed by atoms with Crippen molar-refractivity contribution in [2.24, 2.45) is 5.41 Å². The summed E-state index contributed by atoms with van der Waals surface area (Å²) in [7, 11) is 0. The number of hydrogen-bond donors (Lipinski definition) is 1. The summed E-state index contributed by atoms with van der Waals surface area (Å²) >= 11 is 0. The van der Waals surface area contributed by atoms with Crippen LogP contribution in [0.5, 0.6) is 0 Å². The molecule has 1 rings (SSSR count). The summed E-state index contributed by atoms with van der Waals surface area (Å²) in [6.07, 6.45) is 0.309. The van der Waals surface area contributed by atoms with E-state index in [1.807, 2.05) is 6.92 Å². The summed E-state index contributed by atoms with van der Waals surface area (Å²) in [5, 5.41) is 2.44. The Morgan fingerprint density at radius 1 is 1.24 bits per heavy atom. The maximum absolute atomic E-state index is 12.0. The van der Waals surface area contributed by atoms with Crippen LogP contribution in [-0.2, 0) is 4.79 Å². The molecule has 0 aliphatic heterocycles. The first kappa shape index (κ1) is 14.3. The van der Waals surface area contributed by atoms with E-state index in [4.69, 9.17) is 0 Å². The molecule has 0 bridgehead atoms. The molecule has 1 fully saturated rings. The lowest BCUT2D eigenvalue weighted by atomic mass is 9.71. The number of nitrogens with one attached hydrogen (secondary N) is 1. The third kappa shape index (κ3) is 4.21. The van der Waals surface area contributed by atoms with Gasteiger partial charge in [0, 0.05) is 12.0 Å². The molecule has 17 heavy (non-hydrogen) atoms. The van der Waals surface area contributed by atoms with E-state index in [0.29, 0.717) is 6.42 Å². The Labute approximate surface area is 100.0 Å². The van der Waals surface area contributed by atoms with Crippen LogP contribution in [0.25, 0.3) is 0 Å². The number of rotatable bonds is 4. The normalized spacial score (nSPS) is 20.0. The predicted molar refractivity (Wildman–Crippen MR) is 59.5 cm³/mol. The second-order valence-corrected chi connectivity index (χ2v) is 4.82. The van der Waals surface area contributed by atoms with Crippen LogP contribution in [0.2, 0.25) is 0 Å². The summed E-state index contributed by atoms with van der Waals surface area (Å²) in [6, 6.07) is 0. The minimum absolute atomic E-state index is 0.191. The highest BCUT2D eigenvalue weighted by atomic mass is 19.4. The lowest BCUT2D eigenvalue weighted by molar-refractivity contribution is -0.140. The summed E-state index contributed by atoms with van der Waals surface area (Å²) in [6.45, 7) is 1.64. The number of hydrogen-bond acceptors (Lipinski definition) is 1. The quantitative estimate of drug-likeness (QED) is 0.815. The van der Waals surface area contributed by atoms with E-state index >= 15 is 0 Å². The first-order chi connectivity index (χ1) is 7.90. The van der Waals surface area contributed by atoms with E-state index in [1.165, 1.54) is 0 Å². The van der Waals surface area contributed by atoms with Crippen molar-refractivity contribution in [3.63, 3.8) is 0 Å². The van der Waals surface area contributed by atoms with Crippen molar-refractivity contribution < 1.29 is 18.0 Å². The lowest BCUT2D eigenvalue weighted by Crippen LogP contribution is -2.43. The van der Waals surface area contributed by atoms with Crippen molar-refractivity contribution in [1.29, 1.82) is 0 Å². The molecule has 1 aliphatic carbocycles. The van der Waals surface area contributed by atoms with E-state index in [1.54, 1.807) is 0 Å². The third-order valence-corrected chi connectivity index (χ3v) is 3.66. The van der Waals surface area contributed by atoms with Gasteiger partial charge in [0.15, 0.2) is 0 Å². The number of halogens is 3. The molecule has 100 valence electrons. The molecule has 1 aliphatic rings. The molecule has 0 saturated heterocycles. The fraction of sp³-hybridized carbons (Fsp3) is 0.917. The Hall–Kier alpha value is -0.740. The molecule has 1 saturated carbocycles. The molecule has 1 N–H and O–H groups in total. The number of carbonyl (C=O) groups is 1. The molecule has 5 heteroatoms. The van der Waals surface area contributed by atoms with Crippen LogP contribution >= 0.6 is 0 Å². The first-order valence-corrected chi connectivity index (χ1v) is 6.25. The largest absolute Gasteiger partial charge is 0.390 e.